The first-order valence-corrected chi connectivity index (χ1v) is 8.84. The average Bonchev–Trinajstić information content (AvgIpc) is 2.92. The van der Waals surface area contributed by atoms with Crippen LogP contribution in [0.5, 0.6) is 0 Å². The second kappa shape index (κ2) is 7.36. The van der Waals surface area contributed by atoms with Crippen LogP contribution in [-0.2, 0) is 10.8 Å². The number of urea groups is 1. The number of carbonyl (C=O) groups excluding carboxylic acids is 1. The molecule has 0 radical (unpaired) electrons. The van der Waals surface area contributed by atoms with Gasteiger partial charge in [-0.3, -0.25) is 4.21 Å². The van der Waals surface area contributed by atoms with Crippen LogP contribution in [0.3, 0.4) is 0 Å². The summed E-state index contributed by atoms with van der Waals surface area (Å²) in [5.74, 6) is 1.39. The van der Waals surface area contributed by atoms with Gasteiger partial charge in [-0.15, -0.1) is 0 Å². The molecule has 0 aliphatic rings. The van der Waals surface area contributed by atoms with E-state index in [9.17, 15) is 9.00 Å². The number of aromatic nitrogens is 2. The number of amides is 2. The molecule has 2 atom stereocenters. The van der Waals surface area contributed by atoms with E-state index in [0.29, 0.717) is 23.2 Å². The van der Waals surface area contributed by atoms with Gasteiger partial charge in [0, 0.05) is 54.1 Å². The van der Waals surface area contributed by atoms with Gasteiger partial charge in [0.25, 0.3) is 0 Å². The molecule has 124 valence electrons. The molecule has 1 aromatic heterocycles. The molecule has 2 aromatic rings. The Morgan fingerprint density at radius 1 is 1.48 bits per heavy atom. The summed E-state index contributed by atoms with van der Waals surface area (Å²) in [7, 11) is 0.726. The maximum absolute atomic E-state index is 12.3. The minimum atomic E-state index is -0.954. The summed E-state index contributed by atoms with van der Waals surface area (Å²) in [6.07, 6.45) is 1.62. The Morgan fingerprint density at radius 2 is 2.22 bits per heavy atom. The van der Waals surface area contributed by atoms with Crippen molar-refractivity contribution in [3.8, 4) is 11.4 Å². The molecular formula is C15H20N4O3S. The Kier molecular flexibility index (Phi) is 5.49. The second-order valence-electron chi connectivity index (χ2n) is 5.35. The first-order valence-electron chi connectivity index (χ1n) is 7.11. The predicted octanol–water partition coefficient (Wildman–Crippen LogP) is 2.28. The van der Waals surface area contributed by atoms with Crippen molar-refractivity contribution >= 4 is 22.5 Å². The third kappa shape index (κ3) is 4.62. The molecule has 0 aliphatic carbocycles. The van der Waals surface area contributed by atoms with Crippen molar-refractivity contribution in [3.63, 3.8) is 0 Å². The van der Waals surface area contributed by atoms with Crippen molar-refractivity contribution in [2.24, 2.45) is 0 Å². The van der Waals surface area contributed by atoms with Gasteiger partial charge in [-0.05, 0) is 19.1 Å². The second-order valence-corrected chi connectivity index (χ2v) is 6.83. The van der Waals surface area contributed by atoms with Gasteiger partial charge < -0.3 is 14.7 Å². The zero-order valence-corrected chi connectivity index (χ0v) is 14.4. The summed E-state index contributed by atoms with van der Waals surface area (Å²) >= 11 is 0. The van der Waals surface area contributed by atoms with Gasteiger partial charge in [-0.1, -0.05) is 17.3 Å². The minimum absolute atomic E-state index is 0.121. The predicted molar refractivity (Wildman–Crippen MR) is 89.6 cm³/mol. The summed E-state index contributed by atoms with van der Waals surface area (Å²) in [5, 5.41) is 6.67. The minimum Gasteiger partial charge on any atom is -0.339 e. The molecule has 0 spiro atoms. The van der Waals surface area contributed by atoms with Crippen LogP contribution in [0.2, 0.25) is 0 Å². The molecule has 2 rings (SSSR count). The fraction of sp³-hybridized carbons (Fsp3) is 0.400. The first-order chi connectivity index (χ1) is 10.9. The Morgan fingerprint density at radius 3 is 2.83 bits per heavy atom. The van der Waals surface area contributed by atoms with Crippen LogP contribution in [0, 0.1) is 6.92 Å². The number of nitrogens with zero attached hydrogens (tertiary/aromatic N) is 3. The lowest BCUT2D eigenvalue weighted by Gasteiger charge is -2.24. The smallest absolute Gasteiger partial charge is 0.321 e. The number of anilines is 1. The standard InChI is InChI=1S/C15H20N4O3S/c1-10(9-23(4)21)19(3)15(20)17-13-7-5-6-12(8-13)14-16-11(2)22-18-14/h5-8,10H,9H2,1-4H3,(H,17,20)/t10-,23+/m0/s1. The first kappa shape index (κ1) is 17.1. The molecule has 2 amide bonds. The SMILES string of the molecule is Cc1nc(-c2cccc(NC(=O)N(C)[C@@H](C)C[S@@](C)=O)c2)no1. The lowest BCUT2D eigenvalue weighted by molar-refractivity contribution is 0.212. The lowest BCUT2D eigenvalue weighted by Crippen LogP contribution is -2.40. The normalized spacial score (nSPS) is 13.4. The fourth-order valence-electron chi connectivity index (χ4n) is 2.02. The van der Waals surface area contributed by atoms with E-state index in [1.807, 2.05) is 13.0 Å². The highest BCUT2D eigenvalue weighted by molar-refractivity contribution is 7.84. The van der Waals surface area contributed by atoms with E-state index in [1.165, 1.54) is 4.90 Å². The largest absolute Gasteiger partial charge is 0.339 e. The fourth-order valence-corrected chi connectivity index (χ4v) is 2.92. The molecule has 7 nitrogen and oxygen atoms in total. The number of hydrogen-bond donors (Lipinski definition) is 1. The molecule has 8 heteroatoms. The van der Waals surface area contributed by atoms with Crippen molar-refractivity contribution in [2.45, 2.75) is 19.9 Å². The van der Waals surface area contributed by atoms with Gasteiger partial charge in [0.15, 0.2) is 0 Å². The number of carbonyl (C=O) groups is 1. The van der Waals surface area contributed by atoms with Gasteiger partial charge in [-0.25, -0.2) is 4.79 Å². The van der Waals surface area contributed by atoms with Gasteiger partial charge in [0.05, 0.1) is 0 Å². The lowest BCUT2D eigenvalue weighted by atomic mass is 10.2. The Hall–Kier alpha value is -2.22. The highest BCUT2D eigenvalue weighted by Crippen LogP contribution is 2.20. The number of benzene rings is 1. The van der Waals surface area contributed by atoms with Crippen LogP contribution >= 0.6 is 0 Å². The maximum Gasteiger partial charge on any atom is 0.321 e. The molecule has 1 heterocycles. The Labute approximate surface area is 137 Å². The highest BCUT2D eigenvalue weighted by Gasteiger charge is 2.17. The maximum atomic E-state index is 12.3. The molecule has 1 aromatic carbocycles. The van der Waals surface area contributed by atoms with Crippen LogP contribution in [0.25, 0.3) is 11.4 Å². The van der Waals surface area contributed by atoms with Crippen LogP contribution < -0.4 is 5.32 Å². The average molecular weight is 336 g/mol. The molecule has 0 unspecified atom stereocenters. The summed E-state index contributed by atoms with van der Waals surface area (Å²) < 4.78 is 16.2. The molecule has 0 bridgehead atoms. The van der Waals surface area contributed by atoms with E-state index in [2.05, 4.69) is 15.5 Å². The number of aryl methyl sites for hydroxylation is 1. The van der Waals surface area contributed by atoms with E-state index in [-0.39, 0.29) is 12.1 Å². The third-order valence-electron chi connectivity index (χ3n) is 3.36. The molecule has 0 aliphatic heterocycles. The zero-order valence-electron chi connectivity index (χ0n) is 13.6. The van der Waals surface area contributed by atoms with Gasteiger partial charge in [0.2, 0.25) is 11.7 Å². The molecule has 0 saturated carbocycles. The quantitative estimate of drug-likeness (QED) is 0.905. The van der Waals surface area contributed by atoms with E-state index in [1.54, 1.807) is 38.4 Å². The summed E-state index contributed by atoms with van der Waals surface area (Å²) in [6, 6.07) is 6.82. The van der Waals surface area contributed by atoms with Crippen molar-refractivity contribution in [1.82, 2.24) is 15.0 Å². The van der Waals surface area contributed by atoms with E-state index in [4.69, 9.17) is 4.52 Å². The topological polar surface area (TPSA) is 88.3 Å². The Balaban J connectivity index is 2.08. The van der Waals surface area contributed by atoms with Crippen molar-refractivity contribution < 1.29 is 13.5 Å². The molecular weight excluding hydrogens is 316 g/mol. The van der Waals surface area contributed by atoms with E-state index < -0.39 is 10.8 Å². The summed E-state index contributed by atoms with van der Waals surface area (Å²) in [4.78, 5) is 18.0. The number of rotatable bonds is 5. The van der Waals surface area contributed by atoms with Crippen molar-refractivity contribution in [2.75, 3.05) is 24.4 Å². The third-order valence-corrected chi connectivity index (χ3v) is 4.31. The van der Waals surface area contributed by atoms with Gasteiger partial charge in [-0.2, -0.15) is 4.98 Å². The number of hydrogen-bond acceptors (Lipinski definition) is 5. The van der Waals surface area contributed by atoms with Crippen LogP contribution in [-0.4, -0.2) is 50.4 Å². The van der Waals surface area contributed by atoms with Crippen LogP contribution in [0.15, 0.2) is 28.8 Å². The summed E-state index contributed by atoms with van der Waals surface area (Å²) in [5.41, 5.74) is 1.39. The molecule has 0 saturated heterocycles. The van der Waals surface area contributed by atoms with E-state index >= 15 is 0 Å². The molecule has 1 N–H and O–H groups in total. The highest BCUT2D eigenvalue weighted by atomic mass is 32.2. The molecule has 23 heavy (non-hydrogen) atoms. The zero-order chi connectivity index (χ0) is 17.0. The van der Waals surface area contributed by atoms with Crippen LogP contribution in [0.1, 0.15) is 12.8 Å². The van der Waals surface area contributed by atoms with Crippen LogP contribution in [0.4, 0.5) is 10.5 Å². The molecule has 0 fully saturated rings. The van der Waals surface area contributed by atoms with Gasteiger partial charge >= 0.3 is 6.03 Å². The van der Waals surface area contributed by atoms with Gasteiger partial charge in [0.1, 0.15) is 0 Å². The van der Waals surface area contributed by atoms with Crippen molar-refractivity contribution in [3.05, 3.63) is 30.2 Å². The monoisotopic (exact) mass is 336 g/mol. The number of nitrogens with one attached hydrogen (secondary N) is 1. The summed E-state index contributed by atoms with van der Waals surface area (Å²) in [6.45, 7) is 3.58. The Bertz CT molecular complexity index is 716. The van der Waals surface area contributed by atoms with Crippen molar-refractivity contribution in [1.29, 1.82) is 0 Å². The van der Waals surface area contributed by atoms with E-state index in [0.717, 1.165) is 5.56 Å².